The van der Waals surface area contributed by atoms with Gasteiger partial charge in [-0.3, -0.25) is 4.90 Å². The van der Waals surface area contributed by atoms with Crippen molar-refractivity contribution in [2.45, 2.75) is 37.2 Å². The number of sulfonamides is 1. The molecule has 0 radical (unpaired) electrons. The molecule has 0 spiro atoms. The lowest BCUT2D eigenvalue weighted by atomic mass is 9.94. The Hall–Kier alpha value is -2.22. The van der Waals surface area contributed by atoms with Gasteiger partial charge in [0.25, 0.3) is 0 Å². The minimum Gasteiger partial charge on any atom is -0.465 e. The van der Waals surface area contributed by atoms with Crippen molar-refractivity contribution in [3.8, 4) is 0 Å². The van der Waals surface area contributed by atoms with Crippen molar-refractivity contribution in [1.29, 1.82) is 0 Å². The van der Waals surface area contributed by atoms with E-state index >= 15 is 0 Å². The number of rotatable bonds is 6. The zero-order chi connectivity index (χ0) is 20.4. The first kappa shape index (κ1) is 20.5. The number of benzene rings is 2. The van der Waals surface area contributed by atoms with E-state index in [1.807, 2.05) is 19.9 Å². The van der Waals surface area contributed by atoms with Crippen LogP contribution in [-0.2, 0) is 27.7 Å². The fourth-order valence-electron chi connectivity index (χ4n) is 3.37. The van der Waals surface area contributed by atoms with E-state index in [9.17, 15) is 13.2 Å². The van der Waals surface area contributed by atoms with Gasteiger partial charge < -0.3 is 4.74 Å². The highest BCUT2D eigenvalue weighted by molar-refractivity contribution is 7.89. The number of nitrogens with one attached hydrogen (secondary N) is 1. The van der Waals surface area contributed by atoms with Crippen LogP contribution in [0.3, 0.4) is 0 Å². The minimum absolute atomic E-state index is 0.125. The summed E-state index contributed by atoms with van der Waals surface area (Å²) in [5, 5.41) is 0. The molecule has 1 aliphatic rings. The zero-order valence-corrected chi connectivity index (χ0v) is 17.3. The number of methoxy groups -OCH3 is 1. The molecule has 1 aliphatic heterocycles. The molecule has 3 rings (SSSR count). The van der Waals surface area contributed by atoms with Crippen molar-refractivity contribution >= 4 is 16.0 Å². The van der Waals surface area contributed by atoms with Crippen molar-refractivity contribution in [3.63, 3.8) is 0 Å². The molecule has 6 nitrogen and oxygen atoms in total. The second kappa shape index (κ2) is 8.03. The van der Waals surface area contributed by atoms with Crippen molar-refractivity contribution < 1.29 is 17.9 Å². The summed E-state index contributed by atoms with van der Waals surface area (Å²) >= 11 is 0. The van der Waals surface area contributed by atoms with Crippen LogP contribution in [0.4, 0.5) is 0 Å². The van der Waals surface area contributed by atoms with E-state index in [1.165, 1.54) is 42.5 Å². The number of hydrogen-bond acceptors (Lipinski definition) is 5. The molecule has 0 atom stereocenters. The van der Waals surface area contributed by atoms with E-state index in [-0.39, 0.29) is 17.0 Å². The molecule has 0 amide bonds. The van der Waals surface area contributed by atoms with Crippen molar-refractivity contribution in [2.75, 3.05) is 20.2 Å². The Morgan fingerprint density at radius 2 is 1.75 bits per heavy atom. The maximum Gasteiger partial charge on any atom is 0.337 e. The number of ether oxygens (including phenoxy) is 1. The number of carbonyl (C=O) groups excluding carboxylic acids is 1. The molecule has 0 aromatic heterocycles. The third-order valence-corrected chi connectivity index (χ3v) is 6.68. The first-order valence-corrected chi connectivity index (χ1v) is 10.7. The third-order valence-electron chi connectivity index (χ3n) is 5.27. The monoisotopic (exact) mass is 402 g/mol. The van der Waals surface area contributed by atoms with Gasteiger partial charge in [-0.25, -0.2) is 17.9 Å². The van der Waals surface area contributed by atoms with Crippen molar-refractivity contribution in [3.05, 3.63) is 65.2 Å². The second-order valence-corrected chi connectivity index (χ2v) is 9.36. The van der Waals surface area contributed by atoms with E-state index in [0.717, 1.165) is 19.5 Å². The molecule has 0 saturated heterocycles. The van der Waals surface area contributed by atoms with Crippen molar-refractivity contribution in [2.24, 2.45) is 0 Å². The van der Waals surface area contributed by atoms with Gasteiger partial charge in [0.2, 0.25) is 10.0 Å². The predicted molar refractivity (Wildman–Crippen MR) is 108 cm³/mol. The van der Waals surface area contributed by atoms with Crippen LogP contribution in [0.2, 0.25) is 0 Å². The van der Waals surface area contributed by atoms with E-state index in [2.05, 4.69) is 32.6 Å². The first-order valence-electron chi connectivity index (χ1n) is 9.23. The average Bonchev–Trinajstić information content (AvgIpc) is 2.71. The van der Waals surface area contributed by atoms with Crippen LogP contribution in [0.15, 0.2) is 53.4 Å². The second-order valence-electron chi connectivity index (χ2n) is 7.59. The topological polar surface area (TPSA) is 75.7 Å². The Morgan fingerprint density at radius 3 is 2.39 bits per heavy atom. The van der Waals surface area contributed by atoms with Crippen molar-refractivity contribution in [1.82, 2.24) is 9.62 Å². The molecular weight excluding hydrogens is 376 g/mol. The predicted octanol–water partition coefficient (Wildman–Crippen LogP) is 2.59. The molecule has 2 aromatic carbocycles. The van der Waals surface area contributed by atoms with Gasteiger partial charge in [-0.05, 0) is 55.7 Å². The number of fused-ring (bicyclic) bond motifs is 1. The van der Waals surface area contributed by atoms with Crippen LogP contribution in [0.25, 0.3) is 0 Å². The maximum absolute atomic E-state index is 12.7. The van der Waals surface area contributed by atoms with Gasteiger partial charge in [-0.1, -0.05) is 24.3 Å². The lowest BCUT2D eigenvalue weighted by Crippen LogP contribution is -2.53. The summed E-state index contributed by atoms with van der Waals surface area (Å²) in [4.78, 5) is 13.9. The van der Waals surface area contributed by atoms with E-state index in [0.29, 0.717) is 5.56 Å². The Kier molecular flexibility index (Phi) is 5.88. The normalized spacial score (nSPS) is 15.1. The lowest BCUT2D eigenvalue weighted by molar-refractivity contribution is 0.0600. The van der Waals surface area contributed by atoms with Crippen LogP contribution >= 0.6 is 0 Å². The Bertz CT molecular complexity index is 953. The minimum atomic E-state index is -3.67. The molecule has 2 aromatic rings. The summed E-state index contributed by atoms with van der Waals surface area (Å²) < 4.78 is 32.7. The molecule has 28 heavy (non-hydrogen) atoms. The molecule has 0 saturated carbocycles. The van der Waals surface area contributed by atoms with Gasteiger partial charge in [-0.15, -0.1) is 0 Å². The van der Waals surface area contributed by atoms with Crippen LogP contribution in [0, 0.1) is 0 Å². The SMILES string of the molecule is COC(=O)c1ccc(S(=O)(=O)NCC(C)(C)N2CCc3ccccc3C2)cc1. The molecule has 0 aliphatic carbocycles. The number of hydrogen-bond donors (Lipinski definition) is 1. The van der Waals surface area contributed by atoms with Crippen LogP contribution in [0.5, 0.6) is 0 Å². The Balaban J connectivity index is 1.67. The van der Waals surface area contributed by atoms with E-state index < -0.39 is 16.0 Å². The number of nitrogens with zero attached hydrogens (tertiary/aromatic N) is 1. The van der Waals surface area contributed by atoms with Gasteiger partial charge in [0.1, 0.15) is 0 Å². The molecule has 0 bridgehead atoms. The summed E-state index contributed by atoms with van der Waals surface area (Å²) in [6, 6.07) is 14.1. The van der Waals surface area contributed by atoms with Gasteiger partial charge >= 0.3 is 5.97 Å². The standard InChI is InChI=1S/C21H26N2O4S/c1-21(2,23-13-12-16-6-4-5-7-18(16)14-23)15-22-28(25,26)19-10-8-17(9-11-19)20(24)27-3/h4-11,22H,12-15H2,1-3H3. The van der Waals surface area contributed by atoms with Gasteiger partial charge in [0.15, 0.2) is 0 Å². The third kappa shape index (κ3) is 4.43. The molecule has 0 unspecified atom stereocenters. The molecule has 1 N–H and O–H groups in total. The average molecular weight is 403 g/mol. The summed E-state index contributed by atoms with van der Waals surface area (Å²) in [6.07, 6.45) is 0.960. The quantitative estimate of drug-likeness (QED) is 0.752. The van der Waals surface area contributed by atoms with E-state index in [1.54, 1.807) is 0 Å². The van der Waals surface area contributed by atoms with Crippen LogP contribution in [0.1, 0.15) is 35.3 Å². The largest absolute Gasteiger partial charge is 0.465 e. The Labute approximate surface area is 166 Å². The summed E-state index contributed by atoms with van der Waals surface area (Å²) in [7, 11) is -2.38. The highest BCUT2D eigenvalue weighted by atomic mass is 32.2. The molecule has 7 heteroatoms. The fourth-order valence-corrected chi connectivity index (χ4v) is 4.57. The van der Waals surface area contributed by atoms with Gasteiger partial charge in [-0.2, -0.15) is 0 Å². The van der Waals surface area contributed by atoms with Gasteiger partial charge in [0, 0.05) is 25.2 Å². The molecule has 0 fully saturated rings. The first-order chi connectivity index (χ1) is 13.2. The van der Waals surface area contributed by atoms with Crippen LogP contribution in [-0.4, -0.2) is 45.0 Å². The Morgan fingerprint density at radius 1 is 1.11 bits per heavy atom. The fraction of sp³-hybridized carbons (Fsp3) is 0.381. The lowest BCUT2D eigenvalue weighted by Gasteiger charge is -2.41. The molecule has 1 heterocycles. The summed E-state index contributed by atoms with van der Waals surface area (Å²) in [5.41, 5.74) is 2.63. The highest BCUT2D eigenvalue weighted by Gasteiger charge is 2.31. The molecular formula is C21H26N2O4S. The van der Waals surface area contributed by atoms with Gasteiger partial charge in [0.05, 0.1) is 17.6 Å². The van der Waals surface area contributed by atoms with E-state index in [4.69, 9.17) is 0 Å². The number of esters is 1. The smallest absolute Gasteiger partial charge is 0.337 e. The summed E-state index contributed by atoms with van der Waals surface area (Å²) in [5.74, 6) is -0.497. The molecule has 150 valence electrons. The van der Waals surface area contributed by atoms with Crippen LogP contribution < -0.4 is 4.72 Å². The maximum atomic E-state index is 12.7. The summed E-state index contributed by atoms with van der Waals surface area (Å²) in [6.45, 7) is 6.07. The zero-order valence-electron chi connectivity index (χ0n) is 16.4. The number of carbonyl (C=O) groups is 1. The highest BCUT2D eigenvalue weighted by Crippen LogP contribution is 2.25.